The van der Waals surface area contributed by atoms with E-state index >= 15 is 0 Å². The first-order valence-electron chi connectivity index (χ1n) is 10.1. The molecule has 0 saturated carbocycles. The van der Waals surface area contributed by atoms with Gasteiger partial charge < -0.3 is 19.5 Å². The maximum Gasteiger partial charge on any atom is 0.240 e. The number of ether oxygens (including phenoxy) is 3. The lowest BCUT2D eigenvalue weighted by molar-refractivity contribution is -0.119. The van der Waals surface area contributed by atoms with Crippen LogP contribution in [0.2, 0.25) is 0 Å². The molecular formula is C23H24FN3O4S. The molecule has 1 amide bonds. The van der Waals surface area contributed by atoms with Crippen LogP contribution >= 0.6 is 11.3 Å². The number of morpholine rings is 1. The number of hydrogen-bond donors (Lipinski definition) is 1. The smallest absolute Gasteiger partial charge is 0.240 e. The van der Waals surface area contributed by atoms with E-state index in [1.165, 1.54) is 23.5 Å². The van der Waals surface area contributed by atoms with Gasteiger partial charge in [0.25, 0.3) is 0 Å². The van der Waals surface area contributed by atoms with Crippen molar-refractivity contribution in [2.24, 2.45) is 0 Å². The fourth-order valence-electron chi connectivity index (χ4n) is 3.55. The molecule has 1 aliphatic rings. The fraction of sp³-hybridized carbons (Fsp3) is 0.304. The number of anilines is 1. The Morgan fingerprint density at radius 2 is 2.06 bits per heavy atom. The third-order valence-electron chi connectivity index (χ3n) is 5.19. The number of halogens is 1. The van der Waals surface area contributed by atoms with Gasteiger partial charge in [0.1, 0.15) is 17.3 Å². The lowest BCUT2D eigenvalue weighted by atomic mass is 10.1. The molecule has 7 nitrogen and oxygen atoms in total. The molecule has 1 aliphatic heterocycles. The Hall–Kier alpha value is -3.01. The summed E-state index contributed by atoms with van der Waals surface area (Å²) in [5.41, 5.74) is 2.43. The topological polar surface area (TPSA) is 72.9 Å². The Labute approximate surface area is 189 Å². The minimum absolute atomic E-state index is 0.146. The second-order valence-electron chi connectivity index (χ2n) is 7.30. The highest BCUT2D eigenvalue weighted by molar-refractivity contribution is 7.14. The van der Waals surface area contributed by atoms with Gasteiger partial charge >= 0.3 is 0 Å². The van der Waals surface area contributed by atoms with Crippen LogP contribution in [0, 0.1) is 5.82 Å². The van der Waals surface area contributed by atoms with Crippen molar-refractivity contribution in [3.63, 3.8) is 0 Å². The van der Waals surface area contributed by atoms with Crippen molar-refractivity contribution in [3.05, 3.63) is 59.2 Å². The molecule has 2 aromatic carbocycles. The predicted molar refractivity (Wildman–Crippen MR) is 121 cm³/mol. The summed E-state index contributed by atoms with van der Waals surface area (Å²) in [6, 6.07) is 11.8. The first kappa shape index (κ1) is 22.2. The summed E-state index contributed by atoms with van der Waals surface area (Å²) < 4.78 is 29.6. The summed E-state index contributed by atoms with van der Waals surface area (Å²) in [5, 5.41) is 5.27. The van der Waals surface area contributed by atoms with Crippen LogP contribution in [0.25, 0.3) is 11.3 Å². The quantitative estimate of drug-likeness (QED) is 0.579. The second kappa shape index (κ2) is 10.1. The first-order chi connectivity index (χ1) is 15.6. The normalized spacial score (nSPS) is 16.5. The molecule has 0 aliphatic carbocycles. The average Bonchev–Trinajstić information content (AvgIpc) is 3.27. The van der Waals surface area contributed by atoms with E-state index in [2.05, 4.69) is 10.3 Å². The zero-order valence-electron chi connectivity index (χ0n) is 17.8. The maximum absolute atomic E-state index is 13.2. The van der Waals surface area contributed by atoms with Gasteiger partial charge in [-0.25, -0.2) is 9.37 Å². The third kappa shape index (κ3) is 5.24. The van der Waals surface area contributed by atoms with Gasteiger partial charge in [-0.05, 0) is 29.8 Å². The molecular weight excluding hydrogens is 433 g/mol. The third-order valence-corrected chi connectivity index (χ3v) is 5.95. The zero-order valence-corrected chi connectivity index (χ0v) is 18.7. The molecule has 9 heteroatoms. The summed E-state index contributed by atoms with van der Waals surface area (Å²) in [7, 11) is 3.19. The molecule has 1 saturated heterocycles. The van der Waals surface area contributed by atoms with Crippen LogP contribution in [0.1, 0.15) is 11.7 Å². The van der Waals surface area contributed by atoms with E-state index in [9.17, 15) is 9.18 Å². The summed E-state index contributed by atoms with van der Waals surface area (Å²) in [5.74, 6) is 0.912. The van der Waals surface area contributed by atoms with Gasteiger partial charge in [0, 0.05) is 30.1 Å². The molecule has 32 heavy (non-hydrogen) atoms. The molecule has 0 bridgehead atoms. The molecule has 1 aromatic heterocycles. The Morgan fingerprint density at radius 3 is 2.81 bits per heavy atom. The van der Waals surface area contributed by atoms with E-state index in [0.717, 1.165) is 11.1 Å². The Bertz CT molecular complexity index is 1070. The van der Waals surface area contributed by atoms with E-state index in [4.69, 9.17) is 14.2 Å². The van der Waals surface area contributed by atoms with Gasteiger partial charge in [-0.1, -0.05) is 12.1 Å². The number of nitrogens with one attached hydrogen (secondary N) is 1. The number of hydrogen-bond acceptors (Lipinski definition) is 7. The molecule has 4 rings (SSSR count). The Balaban J connectivity index is 1.37. The van der Waals surface area contributed by atoms with E-state index in [1.54, 1.807) is 32.4 Å². The van der Waals surface area contributed by atoms with Crippen LogP contribution in [-0.2, 0) is 9.53 Å². The van der Waals surface area contributed by atoms with Gasteiger partial charge in [0.05, 0.1) is 39.2 Å². The van der Waals surface area contributed by atoms with Crippen molar-refractivity contribution in [1.82, 2.24) is 9.88 Å². The number of methoxy groups -OCH3 is 2. The van der Waals surface area contributed by atoms with Crippen molar-refractivity contribution in [2.45, 2.75) is 6.10 Å². The largest absolute Gasteiger partial charge is 0.497 e. The molecule has 1 fully saturated rings. The van der Waals surface area contributed by atoms with E-state index in [1.807, 2.05) is 22.4 Å². The highest BCUT2D eigenvalue weighted by atomic mass is 32.1. The summed E-state index contributed by atoms with van der Waals surface area (Å²) in [6.45, 7) is 1.94. The minimum atomic E-state index is -0.282. The van der Waals surface area contributed by atoms with E-state index in [0.29, 0.717) is 42.0 Å². The molecule has 168 valence electrons. The standard InChI is InChI=1S/C23H24FN3O4S/c1-29-17-7-8-18(20(11-17)30-2)19-14-32-23(25-19)26-22(28)13-27-9-10-31-21(12-27)15-3-5-16(24)6-4-15/h3-8,11,14,21H,9-10,12-13H2,1-2H3,(H,25,26,28). The SMILES string of the molecule is COc1ccc(-c2csc(NC(=O)CN3CCOC(c4ccc(F)cc4)C3)n2)c(OC)c1. The number of carbonyl (C=O) groups excluding carboxylic acids is 1. The predicted octanol–water partition coefficient (Wildman–Crippen LogP) is 3.98. The fourth-order valence-corrected chi connectivity index (χ4v) is 4.28. The highest BCUT2D eigenvalue weighted by Gasteiger charge is 2.24. The highest BCUT2D eigenvalue weighted by Crippen LogP contribution is 2.34. The van der Waals surface area contributed by atoms with Crippen LogP contribution in [0.3, 0.4) is 0 Å². The van der Waals surface area contributed by atoms with Crippen molar-refractivity contribution in [2.75, 3.05) is 45.8 Å². The zero-order chi connectivity index (χ0) is 22.5. The van der Waals surface area contributed by atoms with Gasteiger partial charge in [-0.15, -0.1) is 11.3 Å². The molecule has 0 spiro atoms. The molecule has 1 unspecified atom stereocenters. The Kier molecular flexibility index (Phi) is 6.99. The van der Waals surface area contributed by atoms with Gasteiger partial charge in [0.15, 0.2) is 5.13 Å². The molecule has 3 aromatic rings. The van der Waals surface area contributed by atoms with Gasteiger partial charge in [0.2, 0.25) is 5.91 Å². The summed E-state index contributed by atoms with van der Waals surface area (Å²) in [4.78, 5) is 19.2. The van der Waals surface area contributed by atoms with Crippen molar-refractivity contribution in [3.8, 4) is 22.8 Å². The van der Waals surface area contributed by atoms with Crippen LogP contribution in [0.15, 0.2) is 47.8 Å². The van der Waals surface area contributed by atoms with Gasteiger partial charge in [-0.3, -0.25) is 9.69 Å². The molecule has 1 atom stereocenters. The van der Waals surface area contributed by atoms with Crippen LogP contribution in [-0.4, -0.2) is 56.3 Å². The number of nitrogens with zero attached hydrogens (tertiary/aromatic N) is 2. The number of rotatable bonds is 7. The average molecular weight is 458 g/mol. The van der Waals surface area contributed by atoms with Crippen molar-refractivity contribution in [1.29, 1.82) is 0 Å². The van der Waals surface area contributed by atoms with E-state index in [-0.39, 0.29) is 24.4 Å². The lowest BCUT2D eigenvalue weighted by Gasteiger charge is -2.32. The number of carbonyl (C=O) groups is 1. The van der Waals surface area contributed by atoms with Crippen molar-refractivity contribution >= 4 is 22.4 Å². The number of benzene rings is 2. The Morgan fingerprint density at radius 1 is 1.25 bits per heavy atom. The van der Waals surface area contributed by atoms with Crippen LogP contribution in [0.4, 0.5) is 9.52 Å². The minimum Gasteiger partial charge on any atom is -0.497 e. The second-order valence-corrected chi connectivity index (χ2v) is 8.16. The van der Waals surface area contributed by atoms with Crippen LogP contribution in [0.5, 0.6) is 11.5 Å². The number of aromatic nitrogens is 1. The van der Waals surface area contributed by atoms with Crippen molar-refractivity contribution < 1.29 is 23.4 Å². The number of amides is 1. The van der Waals surface area contributed by atoms with Crippen LogP contribution < -0.4 is 14.8 Å². The summed E-state index contributed by atoms with van der Waals surface area (Å²) >= 11 is 1.35. The first-order valence-corrected chi connectivity index (χ1v) is 11.0. The van der Waals surface area contributed by atoms with E-state index < -0.39 is 0 Å². The van der Waals surface area contributed by atoms with Gasteiger partial charge in [-0.2, -0.15) is 0 Å². The molecule has 1 N–H and O–H groups in total. The molecule has 0 radical (unpaired) electrons. The molecule has 2 heterocycles. The lowest BCUT2D eigenvalue weighted by Crippen LogP contribution is -2.42. The maximum atomic E-state index is 13.2. The number of thiazole rings is 1. The summed E-state index contributed by atoms with van der Waals surface area (Å²) in [6.07, 6.45) is -0.189. The monoisotopic (exact) mass is 457 g/mol.